The van der Waals surface area contributed by atoms with Crippen LogP contribution in [0.15, 0.2) is 5.38 Å². The van der Waals surface area contributed by atoms with Gasteiger partial charge in [0.2, 0.25) is 5.91 Å². The summed E-state index contributed by atoms with van der Waals surface area (Å²) in [5.41, 5.74) is 5.95. The highest BCUT2D eigenvalue weighted by Gasteiger charge is 2.28. The van der Waals surface area contributed by atoms with Crippen LogP contribution in [0.5, 0.6) is 0 Å². The molecule has 1 atom stereocenters. The van der Waals surface area contributed by atoms with Gasteiger partial charge in [-0.05, 0) is 26.2 Å². The van der Waals surface area contributed by atoms with Crippen molar-refractivity contribution in [1.29, 1.82) is 0 Å². The van der Waals surface area contributed by atoms with Gasteiger partial charge in [0.1, 0.15) is 5.69 Å². The average Bonchev–Trinajstić information content (AvgIpc) is 2.93. The van der Waals surface area contributed by atoms with Crippen LogP contribution in [-0.4, -0.2) is 40.8 Å². The van der Waals surface area contributed by atoms with E-state index in [4.69, 9.17) is 5.73 Å². The number of aromatic nitrogens is 1. The van der Waals surface area contributed by atoms with E-state index >= 15 is 0 Å². The molecule has 0 saturated carbocycles. The minimum Gasteiger partial charge on any atom is -0.375 e. The Morgan fingerprint density at radius 1 is 1.52 bits per heavy atom. The van der Waals surface area contributed by atoms with Crippen LogP contribution in [0.3, 0.4) is 0 Å². The van der Waals surface area contributed by atoms with Crippen LogP contribution in [0.4, 0.5) is 5.13 Å². The molecule has 0 bridgehead atoms. The molecule has 1 fully saturated rings. The van der Waals surface area contributed by atoms with Crippen molar-refractivity contribution in [2.45, 2.75) is 39.2 Å². The number of rotatable bonds is 4. The van der Waals surface area contributed by atoms with Gasteiger partial charge in [-0.1, -0.05) is 6.92 Å². The van der Waals surface area contributed by atoms with Crippen molar-refractivity contribution in [1.82, 2.24) is 15.2 Å². The van der Waals surface area contributed by atoms with Crippen LogP contribution in [0.25, 0.3) is 0 Å². The van der Waals surface area contributed by atoms with Crippen molar-refractivity contribution in [3.63, 3.8) is 0 Å². The van der Waals surface area contributed by atoms with Crippen molar-refractivity contribution in [2.75, 3.05) is 18.8 Å². The standard InChI is InChI=1S/C14H22N4O2S/c1-3-9(2)16-12(19)10-4-6-18(7-5-10)13(20)11-8-21-14(15)17-11/h8-10H,3-7H2,1-2H3,(H2,15,17)(H,16,19)/t9-/m1/s1. The van der Waals surface area contributed by atoms with Gasteiger partial charge < -0.3 is 16.0 Å². The maximum atomic E-state index is 12.2. The number of likely N-dealkylation sites (tertiary alicyclic amines) is 1. The SMILES string of the molecule is CC[C@@H](C)NC(=O)C1CCN(C(=O)c2csc(N)n2)CC1. The van der Waals surface area contributed by atoms with E-state index in [9.17, 15) is 9.59 Å². The molecule has 21 heavy (non-hydrogen) atoms. The molecule has 3 N–H and O–H groups in total. The fraction of sp³-hybridized carbons (Fsp3) is 0.643. The van der Waals surface area contributed by atoms with Crippen molar-refractivity contribution in [3.05, 3.63) is 11.1 Å². The lowest BCUT2D eigenvalue weighted by Gasteiger charge is -2.31. The molecule has 2 rings (SSSR count). The smallest absolute Gasteiger partial charge is 0.273 e. The molecular weight excluding hydrogens is 288 g/mol. The van der Waals surface area contributed by atoms with Gasteiger partial charge in [-0.15, -0.1) is 11.3 Å². The van der Waals surface area contributed by atoms with E-state index in [-0.39, 0.29) is 23.8 Å². The van der Waals surface area contributed by atoms with Gasteiger partial charge in [0.15, 0.2) is 5.13 Å². The third-order valence-corrected chi connectivity index (χ3v) is 4.57. The molecule has 2 amide bonds. The molecule has 1 aliphatic rings. The minimum atomic E-state index is -0.0938. The predicted octanol–water partition coefficient (Wildman–Crippen LogP) is 1.49. The third kappa shape index (κ3) is 3.93. The van der Waals surface area contributed by atoms with Crippen LogP contribution < -0.4 is 11.1 Å². The number of thiazole rings is 1. The second kappa shape index (κ2) is 6.89. The first kappa shape index (κ1) is 15.8. The van der Waals surface area contributed by atoms with Gasteiger partial charge in [0.05, 0.1) is 0 Å². The first-order valence-electron chi connectivity index (χ1n) is 7.32. The van der Waals surface area contributed by atoms with Crippen LogP contribution in [0, 0.1) is 5.92 Å². The predicted molar refractivity (Wildman–Crippen MR) is 83.0 cm³/mol. The Morgan fingerprint density at radius 2 is 2.19 bits per heavy atom. The third-order valence-electron chi connectivity index (χ3n) is 3.90. The maximum absolute atomic E-state index is 12.2. The van der Waals surface area contributed by atoms with E-state index in [1.807, 2.05) is 13.8 Å². The van der Waals surface area contributed by atoms with E-state index in [2.05, 4.69) is 10.3 Å². The monoisotopic (exact) mass is 310 g/mol. The zero-order valence-corrected chi connectivity index (χ0v) is 13.3. The first-order chi connectivity index (χ1) is 10.0. The Labute approximate surface area is 128 Å². The number of piperidine rings is 1. The van der Waals surface area contributed by atoms with Gasteiger partial charge in [-0.2, -0.15) is 0 Å². The number of nitrogens with zero attached hydrogens (tertiary/aromatic N) is 2. The molecule has 0 aromatic carbocycles. The van der Waals surface area contributed by atoms with E-state index in [1.165, 1.54) is 11.3 Å². The Morgan fingerprint density at radius 3 is 2.71 bits per heavy atom. The Kier molecular flexibility index (Phi) is 5.17. The quantitative estimate of drug-likeness (QED) is 0.882. The molecular formula is C14H22N4O2S. The fourth-order valence-corrected chi connectivity index (χ4v) is 2.89. The molecule has 0 aliphatic carbocycles. The van der Waals surface area contributed by atoms with Crippen LogP contribution in [-0.2, 0) is 4.79 Å². The number of hydrogen-bond donors (Lipinski definition) is 2. The molecule has 2 heterocycles. The van der Waals surface area contributed by atoms with Crippen molar-refractivity contribution in [2.24, 2.45) is 5.92 Å². The van der Waals surface area contributed by atoms with Crippen LogP contribution in [0.2, 0.25) is 0 Å². The van der Waals surface area contributed by atoms with Gasteiger partial charge in [0.25, 0.3) is 5.91 Å². The molecule has 1 aromatic heterocycles. The van der Waals surface area contributed by atoms with Crippen LogP contribution in [0.1, 0.15) is 43.6 Å². The number of nitrogens with one attached hydrogen (secondary N) is 1. The lowest BCUT2D eigenvalue weighted by atomic mass is 9.95. The molecule has 7 heteroatoms. The molecule has 6 nitrogen and oxygen atoms in total. The van der Waals surface area contributed by atoms with Gasteiger partial charge in [-0.3, -0.25) is 9.59 Å². The Bertz CT molecular complexity index is 509. The van der Waals surface area contributed by atoms with E-state index in [0.29, 0.717) is 36.8 Å². The maximum Gasteiger partial charge on any atom is 0.273 e. The first-order valence-corrected chi connectivity index (χ1v) is 8.19. The molecule has 116 valence electrons. The number of anilines is 1. The van der Waals surface area contributed by atoms with Crippen molar-refractivity contribution in [3.8, 4) is 0 Å². The fourth-order valence-electron chi connectivity index (χ4n) is 2.36. The topological polar surface area (TPSA) is 88.3 Å². The molecule has 1 saturated heterocycles. The second-order valence-corrected chi connectivity index (χ2v) is 6.35. The summed E-state index contributed by atoms with van der Waals surface area (Å²) in [6.45, 7) is 5.23. The number of nitrogen functional groups attached to an aromatic ring is 1. The van der Waals surface area contributed by atoms with E-state index in [0.717, 1.165) is 6.42 Å². The zero-order valence-electron chi connectivity index (χ0n) is 12.5. The summed E-state index contributed by atoms with van der Waals surface area (Å²) in [6.07, 6.45) is 2.33. The molecule has 0 spiro atoms. The molecule has 0 radical (unpaired) electrons. The lowest BCUT2D eigenvalue weighted by Crippen LogP contribution is -2.44. The summed E-state index contributed by atoms with van der Waals surface area (Å²) < 4.78 is 0. The Hall–Kier alpha value is -1.63. The number of hydrogen-bond acceptors (Lipinski definition) is 5. The highest BCUT2D eigenvalue weighted by molar-refractivity contribution is 7.13. The van der Waals surface area contributed by atoms with Crippen LogP contribution >= 0.6 is 11.3 Å². The van der Waals surface area contributed by atoms with E-state index in [1.54, 1.807) is 10.3 Å². The lowest BCUT2D eigenvalue weighted by molar-refractivity contribution is -0.126. The summed E-state index contributed by atoms with van der Waals surface area (Å²) in [5, 5.41) is 5.09. The Balaban J connectivity index is 1.85. The number of amides is 2. The number of nitrogens with two attached hydrogens (primary N) is 1. The van der Waals surface area contributed by atoms with Crippen molar-refractivity contribution < 1.29 is 9.59 Å². The number of carbonyl (C=O) groups excluding carboxylic acids is 2. The minimum absolute atomic E-state index is 0.00329. The highest BCUT2D eigenvalue weighted by Crippen LogP contribution is 2.20. The van der Waals surface area contributed by atoms with Gasteiger partial charge >= 0.3 is 0 Å². The van der Waals surface area contributed by atoms with Gasteiger partial charge in [0, 0.05) is 30.4 Å². The van der Waals surface area contributed by atoms with Crippen molar-refractivity contribution >= 4 is 28.3 Å². The largest absolute Gasteiger partial charge is 0.375 e. The highest BCUT2D eigenvalue weighted by atomic mass is 32.1. The summed E-state index contributed by atoms with van der Waals surface area (Å²) in [7, 11) is 0. The zero-order chi connectivity index (χ0) is 15.4. The van der Waals surface area contributed by atoms with E-state index < -0.39 is 0 Å². The molecule has 1 aliphatic heterocycles. The summed E-state index contributed by atoms with van der Waals surface area (Å²) in [5.74, 6) is 0.0154. The number of carbonyl (C=O) groups is 2. The molecule has 1 aromatic rings. The summed E-state index contributed by atoms with van der Waals surface area (Å²) >= 11 is 1.27. The summed E-state index contributed by atoms with van der Waals surface area (Å²) in [6, 6.07) is 0.204. The summed E-state index contributed by atoms with van der Waals surface area (Å²) in [4.78, 5) is 30.1. The van der Waals surface area contributed by atoms with Gasteiger partial charge in [-0.25, -0.2) is 4.98 Å². The molecule has 0 unspecified atom stereocenters. The normalized spacial score (nSPS) is 17.5. The second-order valence-electron chi connectivity index (χ2n) is 5.46. The average molecular weight is 310 g/mol.